The Hall–Kier alpha value is -2.96. The van der Waals surface area contributed by atoms with Gasteiger partial charge in [-0.15, -0.1) is 0 Å². The van der Waals surface area contributed by atoms with Gasteiger partial charge in [0.25, 0.3) is 0 Å². The smallest absolute Gasteiger partial charge is 0.341 e. The number of rotatable bonds is 3. The summed E-state index contributed by atoms with van der Waals surface area (Å²) < 4.78 is 29.4. The third kappa shape index (κ3) is 2.29. The van der Waals surface area contributed by atoms with Gasteiger partial charge in [0, 0.05) is 18.5 Å². The SMILES string of the molecule is O=C(O)c1cnn(-c2cc(F)cc(F)c2)c1-n1cccc1. The molecular formula is C14H9F2N3O2. The van der Waals surface area contributed by atoms with Crippen molar-refractivity contribution < 1.29 is 18.7 Å². The molecule has 2 aromatic heterocycles. The number of halogens is 2. The Kier molecular flexibility index (Phi) is 3.02. The summed E-state index contributed by atoms with van der Waals surface area (Å²) in [6.07, 6.45) is 4.38. The second kappa shape index (κ2) is 4.86. The van der Waals surface area contributed by atoms with Crippen LogP contribution >= 0.6 is 0 Å². The lowest BCUT2D eigenvalue weighted by Gasteiger charge is -2.10. The van der Waals surface area contributed by atoms with Crippen molar-refractivity contribution in [2.24, 2.45) is 0 Å². The first kappa shape index (κ1) is 13.0. The summed E-state index contributed by atoms with van der Waals surface area (Å²) in [5, 5.41) is 13.1. The summed E-state index contributed by atoms with van der Waals surface area (Å²) in [7, 11) is 0. The van der Waals surface area contributed by atoms with E-state index < -0.39 is 17.6 Å². The fourth-order valence-corrected chi connectivity index (χ4v) is 2.07. The zero-order valence-electron chi connectivity index (χ0n) is 10.6. The highest BCUT2D eigenvalue weighted by atomic mass is 19.1. The molecule has 21 heavy (non-hydrogen) atoms. The maximum absolute atomic E-state index is 13.3. The number of benzene rings is 1. The minimum absolute atomic E-state index is 0.0733. The Labute approximate surface area is 117 Å². The first-order valence-electron chi connectivity index (χ1n) is 5.97. The lowest BCUT2D eigenvalue weighted by molar-refractivity contribution is 0.0697. The van der Waals surface area contributed by atoms with E-state index in [2.05, 4.69) is 5.10 Å². The van der Waals surface area contributed by atoms with Crippen molar-refractivity contribution in [3.63, 3.8) is 0 Å². The minimum Gasteiger partial charge on any atom is -0.477 e. The van der Waals surface area contributed by atoms with E-state index in [9.17, 15) is 18.7 Å². The van der Waals surface area contributed by atoms with Crippen molar-refractivity contribution in [1.82, 2.24) is 14.3 Å². The average molecular weight is 289 g/mol. The molecule has 0 atom stereocenters. The van der Waals surface area contributed by atoms with Crippen LogP contribution in [0.1, 0.15) is 10.4 Å². The molecule has 0 saturated carbocycles. The molecule has 0 aliphatic carbocycles. The fraction of sp³-hybridized carbons (Fsp3) is 0. The highest BCUT2D eigenvalue weighted by molar-refractivity contribution is 5.91. The van der Waals surface area contributed by atoms with Crippen LogP contribution in [0.2, 0.25) is 0 Å². The van der Waals surface area contributed by atoms with Gasteiger partial charge in [-0.3, -0.25) is 0 Å². The van der Waals surface area contributed by atoms with Gasteiger partial charge in [-0.2, -0.15) is 5.10 Å². The molecule has 3 aromatic rings. The van der Waals surface area contributed by atoms with Gasteiger partial charge in [0.15, 0.2) is 5.82 Å². The highest BCUT2D eigenvalue weighted by Gasteiger charge is 2.19. The fourth-order valence-electron chi connectivity index (χ4n) is 2.07. The number of aromatic carboxylic acids is 1. The van der Waals surface area contributed by atoms with E-state index in [1.54, 1.807) is 24.5 Å². The lowest BCUT2D eigenvalue weighted by atomic mass is 10.3. The number of hydrogen-bond donors (Lipinski definition) is 1. The topological polar surface area (TPSA) is 60.0 Å². The van der Waals surface area contributed by atoms with Crippen molar-refractivity contribution in [2.45, 2.75) is 0 Å². The molecule has 3 rings (SSSR count). The van der Waals surface area contributed by atoms with Crippen molar-refractivity contribution >= 4 is 5.97 Å². The summed E-state index contributed by atoms with van der Waals surface area (Å²) in [4.78, 5) is 11.3. The molecule has 0 amide bonds. The number of carboxylic acid groups (broad SMARTS) is 1. The molecule has 0 spiro atoms. The van der Waals surface area contributed by atoms with Gasteiger partial charge < -0.3 is 9.67 Å². The van der Waals surface area contributed by atoms with Crippen LogP contribution in [0.15, 0.2) is 48.9 Å². The van der Waals surface area contributed by atoms with E-state index in [0.717, 1.165) is 24.4 Å². The van der Waals surface area contributed by atoms with Gasteiger partial charge in [-0.05, 0) is 24.3 Å². The van der Waals surface area contributed by atoms with Gasteiger partial charge in [-0.25, -0.2) is 18.3 Å². The molecule has 1 N–H and O–H groups in total. The van der Waals surface area contributed by atoms with E-state index in [1.165, 1.54) is 9.25 Å². The Bertz CT molecular complexity index is 789. The van der Waals surface area contributed by atoms with E-state index in [0.29, 0.717) is 0 Å². The predicted molar refractivity (Wildman–Crippen MR) is 69.8 cm³/mol. The zero-order valence-corrected chi connectivity index (χ0v) is 10.6. The Balaban J connectivity index is 2.26. The largest absolute Gasteiger partial charge is 0.477 e. The summed E-state index contributed by atoms with van der Waals surface area (Å²) in [5.74, 6) is -2.52. The minimum atomic E-state index is -1.18. The average Bonchev–Trinajstić information content (AvgIpc) is 3.06. The van der Waals surface area contributed by atoms with Crippen LogP contribution in [0.5, 0.6) is 0 Å². The molecule has 0 saturated heterocycles. The van der Waals surface area contributed by atoms with Crippen LogP contribution in [0, 0.1) is 11.6 Å². The van der Waals surface area contributed by atoms with E-state index in [1.807, 2.05) is 0 Å². The maximum atomic E-state index is 13.3. The van der Waals surface area contributed by atoms with Crippen molar-refractivity contribution in [1.29, 1.82) is 0 Å². The number of hydrogen-bond acceptors (Lipinski definition) is 2. The first-order chi connectivity index (χ1) is 10.1. The van der Waals surface area contributed by atoms with Crippen LogP contribution in [0.25, 0.3) is 11.5 Å². The van der Waals surface area contributed by atoms with Crippen molar-refractivity contribution in [3.05, 3.63) is 66.1 Å². The van der Waals surface area contributed by atoms with Crippen LogP contribution in [-0.2, 0) is 0 Å². The van der Waals surface area contributed by atoms with Crippen LogP contribution in [-0.4, -0.2) is 25.4 Å². The number of carbonyl (C=O) groups is 1. The molecule has 0 bridgehead atoms. The zero-order chi connectivity index (χ0) is 15.0. The molecule has 0 aliphatic rings. The summed E-state index contributed by atoms with van der Waals surface area (Å²) in [5.41, 5.74) is 0.0274. The Morgan fingerprint density at radius 2 is 1.71 bits per heavy atom. The van der Waals surface area contributed by atoms with Gasteiger partial charge in [0.05, 0.1) is 11.9 Å². The Morgan fingerprint density at radius 3 is 2.29 bits per heavy atom. The number of carboxylic acids is 1. The summed E-state index contributed by atoms with van der Waals surface area (Å²) in [6, 6.07) is 6.30. The summed E-state index contributed by atoms with van der Waals surface area (Å²) >= 11 is 0. The Morgan fingerprint density at radius 1 is 1.10 bits per heavy atom. The van der Waals surface area contributed by atoms with E-state index in [4.69, 9.17) is 0 Å². The van der Waals surface area contributed by atoms with E-state index >= 15 is 0 Å². The van der Waals surface area contributed by atoms with E-state index in [-0.39, 0.29) is 17.1 Å². The molecular weight excluding hydrogens is 280 g/mol. The lowest BCUT2D eigenvalue weighted by Crippen LogP contribution is -2.09. The molecule has 1 aromatic carbocycles. The normalized spacial score (nSPS) is 10.8. The second-order valence-electron chi connectivity index (χ2n) is 4.32. The molecule has 0 unspecified atom stereocenters. The van der Waals surface area contributed by atoms with Crippen LogP contribution in [0.4, 0.5) is 8.78 Å². The molecule has 106 valence electrons. The second-order valence-corrected chi connectivity index (χ2v) is 4.32. The first-order valence-corrected chi connectivity index (χ1v) is 5.97. The van der Waals surface area contributed by atoms with Crippen LogP contribution in [0.3, 0.4) is 0 Å². The standard InChI is InChI=1S/C14H9F2N3O2/c15-9-5-10(16)7-11(6-9)19-13(18-3-1-2-4-18)12(8-17-19)14(20)21/h1-8H,(H,20,21). The predicted octanol–water partition coefficient (Wildman–Crippen LogP) is 2.64. The van der Waals surface area contributed by atoms with Crippen LogP contribution < -0.4 is 0 Å². The highest BCUT2D eigenvalue weighted by Crippen LogP contribution is 2.21. The quantitative estimate of drug-likeness (QED) is 0.806. The molecule has 2 heterocycles. The third-order valence-electron chi connectivity index (χ3n) is 2.92. The number of nitrogens with zero attached hydrogens (tertiary/aromatic N) is 3. The molecule has 0 radical (unpaired) electrons. The monoisotopic (exact) mass is 289 g/mol. The summed E-state index contributed by atoms with van der Waals surface area (Å²) in [6.45, 7) is 0. The van der Waals surface area contributed by atoms with Gasteiger partial charge in [-0.1, -0.05) is 0 Å². The van der Waals surface area contributed by atoms with Gasteiger partial charge in [0.1, 0.15) is 17.2 Å². The third-order valence-corrected chi connectivity index (χ3v) is 2.92. The molecule has 0 fully saturated rings. The van der Waals surface area contributed by atoms with Crippen molar-refractivity contribution in [3.8, 4) is 11.5 Å². The van der Waals surface area contributed by atoms with Crippen molar-refractivity contribution in [2.75, 3.05) is 0 Å². The van der Waals surface area contributed by atoms with Gasteiger partial charge in [0.2, 0.25) is 0 Å². The number of aromatic nitrogens is 3. The maximum Gasteiger partial charge on any atom is 0.341 e. The molecule has 5 nitrogen and oxygen atoms in total. The molecule has 0 aliphatic heterocycles. The van der Waals surface area contributed by atoms with Gasteiger partial charge >= 0.3 is 5.97 Å². The molecule has 7 heteroatoms.